The number of piperidine rings is 1. The summed E-state index contributed by atoms with van der Waals surface area (Å²) in [6, 6.07) is 0.694. The minimum atomic E-state index is 0.411. The molecule has 2 fully saturated rings. The largest absolute Gasteiger partial charge is 0.374 e. The highest BCUT2D eigenvalue weighted by Gasteiger charge is 2.24. The maximum absolute atomic E-state index is 5.86. The zero-order valence-electron chi connectivity index (χ0n) is 12.0. The summed E-state index contributed by atoms with van der Waals surface area (Å²) in [5, 5.41) is 3.65. The predicted molar refractivity (Wildman–Crippen MR) is 75.0 cm³/mol. The van der Waals surface area contributed by atoms with Crippen molar-refractivity contribution in [2.75, 3.05) is 52.9 Å². The molecule has 4 nitrogen and oxygen atoms in total. The van der Waals surface area contributed by atoms with Crippen molar-refractivity contribution >= 4 is 0 Å². The number of nitrogens with zero attached hydrogens (tertiary/aromatic N) is 2. The van der Waals surface area contributed by atoms with Crippen molar-refractivity contribution in [3.05, 3.63) is 0 Å². The second kappa shape index (κ2) is 7.43. The van der Waals surface area contributed by atoms with Crippen LogP contribution in [-0.4, -0.2) is 74.9 Å². The first-order valence-corrected chi connectivity index (χ1v) is 7.54. The molecule has 18 heavy (non-hydrogen) atoms. The van der Waals surface area contributed by atoms with Crippen LogP contribution in [0.4, 0.5) is 0 Å². The van der Waals surface area contributed by atoms with E-state index in [2.05, 4.69) is 29.1 Å². The monoisotopic (exact) mass is 255 g/mol. The van der Waals surface area contributed by atoms with Crippen LogP contribution < -0.4 is 5.32 Å². The Hall–Kier alpha value is -0.160. The molecule has 0 saturated carbocycles. The van der Waals surface area contributed by atoms with Gasteiger partial charge in [0.05, 0.1) is 12.7 Å². The summed E-state index contributed by atoms with van der Waals surface area (Å²) in [6.07, 6.45) is 4.30. The van der Waals surface area contributed by atoms with Crippen molar-refractivity contribution in [2.45, 2.75) is 38.3 Å². The van der Waals surface area contributed by atoms with E-state index in [0.717, 1.165) is 32.8 Å². The molecule has 2 aliphatic heterocycles. The Morgan fingerprint density at radius 2 is 2.17 bits per heavy atom. The summed E-state index contributed by atoms with van der Waals surface area (Å²) in [6.45, 7) is 10.00. The molecule has 2 atom stereocenters. The van der Waals surface area contributed by atoms with Crippen molar-refractivity contribution in [2.24, 2.45) is 0 Å². The van der Waals surface area contributed by atoms with Crippen molar-refractivity contribution in [3.63, 3.8) is 0 Å². The van der Waals surface area contributed by atoms with Crippen LogP contribution in [0.2, 0.25) is 0 Å². The molecule has 2 aliphatic rings. The first kappa shape index (κ1) is 14.3. The molecule has 4 heteroatoms. The predicted octanol–water partition coefficient (Wildman–Crippen LogP) is 0.781. The third-order valence-corrected chi connectivity index (χ3v) is 3.99. The highest BCUT2D eigenvalue weighted by atomic mass is 16.5. The lowest BCUT2D eigenvalue weighted by molar-refractivity contribution is -0.0390. The van der Waals surface area contributed by atoms with E-state index in [4.69, 9.17) is 4.74 Å². The van der Waals surface area contributed by atoms with Crippen LogP contribution in [0.1, 0.15) is 26.2 Å². The zero-order valence-corrected chi connectivity index (χ0v) is 12.0. The van der Waals surface area contributed by atoms with Crippen LogP contribution in [0.5, 0.6) is 0 Å². The van der Waals surface area contributed by atoms with Gasteiger partial charge in [-0.2, -0.15) is 0 Å². The summed E-state index contributed by atoms with van der Waals surface area (Å²) in [4.78, 5) is 4.96. The zero-order chi connectivity index (χ0) is 12.8. The van der Waals surface area contributed by atoms with Crippen molar-refractivity contribution in [1.82, 2.24) is 15.1 Å². The molecular weight excluding hydrogens is 226 g/mol. The Kier molecular flexibility index (Phi) is 5.89. The standard InChI is InChI=1S/C14H29N3O/c1-3-6-15-13-5-4-7-17(10-13)12-14-11-16(2)8-9-18-14/h13-15H,3-12H2,1-2H3. The van der Waals surface area contributed by atoms with Crippen LogP contribution in [0.15, 0.2) is 0 Å². The summed E-state index contributed by atoms with van der Waals surface area (Å²) >= 11 is 0. The van der Waals surface area contributed by atoms with Crippen LogP contribution in [0.3, 0.4) is 0 Å². The third-order valence-electron chi connectivity index (χ3n) is 3.99. The van der Waals surface area contributed by atoms with E-state index in [1.165, 1.54) is 32.4 Å². The SMILES string of the molecule is CCCNC1CCCN(CC2CN(C)CCO2)C1. The van der Waals surface area contributed by atoms with Crippen LogP contribution in [0, 0.1) is 0 Å². The molecule has 0 aromatic carbocycles. The van der Waals surface area contributed by atoms with Crippen LogP contribution in [-0.2, 0) is 4.74 Å². The quantitative estimate of drug-likeness (QED) is 0.786. The van der Waals surface area contributed by atoms with Gasteiger partial charge in [0.25, 0.3) is 0 Å². The topological polar surface area (TPSA) is 27.7 Å². The van der Waals surface area contributed by atoms with E-state index in [0.29, 0.717) is 12.1 Å². The first-order valence-electron chi connectivity index (χ1n) is 7.54. The average Bonchev–Trinajstić information content (AvgIpc) is 2.37. The van der Waals surface area contributed by atoms with Gasteiger partial charge in [0.1, 0.15) is 0 Å². The molecular formula is C14H29N3O. The fourth-order valence-corrected chi connectivity index (χ4v) is 3.00. The fourth-order valence-electron chi connectivity index (χ4n) is 3.00. The molecule has 0 spiro atoms. The van der Waals surface area contributed by atoms with Gasteiger partial charge in [-0.1, -0.05) is 6.92 Å². The summed E-state index contributed by atoms with van der Waals surface area (Å²) in [5.74, 6) is 0. The summed E-state index contributed by atoms with van der Waals surface area (Å²) < 4.78 is 5.86. The second-order valence-corrected chi connectivity index (χ2v) is 5.81. The molecule has 1 N–H and O–H groups in total. The Balaban J connectivity index is 1.71. The first-order chi connectivity index (χ1) is 8.78. The highest BCUT2D eigenvalue weighted by molar-refractivity contribution is 4.81. The van der Waals surface area contributed by atoms with Crippen molar-refractivity contribution in [3.8, 4) is 0 Å². The molecule has 0 aliphatic carbocycles. The van der Waals surface area contributed by atoms with Crippen molar-refractivity contribution in [1.29, 1.82) is 0 Å². The molecule has 0 amide bonds. The lowest BCUT2D eigenvalue weighted by Gasteiger charge is -2.38. The van der Waals surface area contributed by atoms with Gasteiger partial charge in [0.15, 0.2) is 0 Å². The number of hydrogen-bond acceptors (Lipinski definition) is 4. The van der Waals surface area contributed by atoms with E-state index in [-0.39, 0.29) is 0 Å². The highest BCUT2D eigenvalue weighted by Crippen LogP contribution is 2.13. The van der Waals surface area contributed by atoms with Gasteiger partial charge in [0.2, 0.25) is 0 Å². The van der Waals surface area contributed by atoms with Crippen molar-refractivity contribution < 1.29 is 4.74 Å². The van der Waals surface area contributed by atoms with Gasteiger partial charge >= 0.3 is 0 Å². The molecule has 0 aromatic heterocycles. The smallest absolute Gasteiger partial charge is 0.0829 e. The van der Waals surface area contributed by atoms with E-state index >= 15 is 0 Å². The van der Waals surface area contributed by atoms with Crippen LogP contribution >= 0.6 is 0 Å². The van der Waals surface area contributed by atoms with Gasteiger partial charge in [-0.05, 0) is 39.4 Å². The second-order valence-electron chi connectivity index (χ2n) is 5.81. The Labute approximate surface area is 112 Å². The van der Waals surface area contributed by atoms with E-state index in [1.807, 2.05) is 0 Å². The average molecular weight is 255 g/mol. The van der Waals surface area contributed by atoms with Gasteiger partial charge in [-0.25, -0.2) is 0 Å². The number of rotatable bonds is 5. The summed E-state index contributed by atoms with van der Waals surface area (Å²) in [5.41, 5.74) is 0. The molecule has 0 radical (unpaired) electrons. The molecule has 2 heterocycles. The number of nitrogens with one attached hydrogen (secondary N) is 1. The Morgan fingerprint density at radius 1 is 1.28 bits per heavy atom. The summed E-state index contributed by atoms with van der Waals surface area (Å²) in [7, 11) is 2.19. The Morgan fingerprint density at radius 3 is 2.94 bits per heavy atom. The van der Waals surface area contributed by atoms with Crippen LogP contribution in [0.25, 0.3) is 0 Å². The van der Waals surface area contributed by atoms with E-state index < -0.39 is 0 Å². The van der Waals surface area contributed by atoms with E-state index in [1.54, 1.807) is 0 Å². The lowest BCUT2D eigenvalue weighted by Crippen LogP contribution is -2.51. The van der Waals surface area contributed by atoms with E-state index in [9.17, 15) is 0 Å². The molecule has 0 bridgehead atoms. The number of morpholine rings is 1. The normalized spacial score (nSPS) is 31.7. The fraction of sp³-hybridized carbons (Fsp3) is 1.00. The Bertz CT molecular complexity index is 237. The molecule has 2 rings (SSSR count). The number of ether oxygens (including phenoxy) is 1. The number of hydrogen-bond donors (Lipinski definition) is 1. The molecule has 0 aromatic rings. The van der Waals surface area contributed by atoms with Gasteiger partial charge in [-0.15, -0.1) is 0 Å². The minimum absolute atomic E-state index is 0.411. The minimum Gasteiger partial charge on any atom is -0.374 e. The van der Waals surface area contributed by atoms with Gasteiger partial charge in [0, 0.05) is 32.2 Å². The number of likely N-dealkylation sites (N-methyl/N-ethyl adjacent to an activating group) is 1. The third kappa shape index (κ3) is 4.50. The number of likely N-dealkylation sites (tertiary alicyclic amines) is 1. The maximum Gasteiger partial charge on any atom is 0.0829 e. The molecule has 2 saturated heterocycles. The van der Waals surface area contributed by atoms with Gasteiger partial charge < -0.3 is 15.0 Å². The molecule has 2 unspecified atom stereocenters. The molecule has 106 valence electrons. The van der Waals surface area contributed by atoms with Gasteiger partial charge in [-0.3, -0.25) is 4.90 Å². The lowest BCUT2D eigenvalue weighted by atomic mass is 10.0. The maximum atomic E-state index is 5.86.